The Morgan fingerprint density at radius 2 is 1.77 bits per heavy atom. The summed E-state index contributed by atoms with van der Waals surface area (Å²) in [6.45, 7) is 2.09. The summed E-state index contributed by atoms with van der Waals surface area (Å²) in [6.07, 6.45) is 4.24. The number of hydrogen-bond acceptors (Lipinski definition) is 5. The maximum absolute atomic E-state index is 13.3. The van der Waals surface area contributed by atoms with Crippen LogP contribution in [0.4, 0.5) is 17.1 Å². The fourth-order valence-electron chi connectivity index (χ4n) is 6.00. The first kappa shape index (κ1) is 28.3. The highest BCUT2D eigenvalue weighted by Crippen LogP contribution is 2.39. The highest BCUT2D eigenvalue weighted by Gasteiger charge is 2.35. The number of nitrogens with zero attached hydrogens (tertiary/aromatic N) is 2. The fourth-order valence-corrected chi connectivity index (χ4v) is 6.26. The van der Waals surface area contributed by atoms with E-state index < -0.39 is 0 Å². The number of ether oxygens (including phenoxy) is 1. The number of aromatic nitrogens is 1. The quantitative estimate of drug-likeness (QED) is 0.255. The molecule has 1 saturated heterocycles. The van der Waals surface area contributed by atoms with Crippen LogP contribution in [0.15, 0.2) is 95.8 Å². The molecule has 2 amide bonds. The number of pyridine rings is 1. The normalized spacial score (nSPS) is 17.3. The van der Waals surface area contributed by atoms with E-state index in [1.165, 1.54) is 13.2 Å². The summed E-state index contributed by atoms with van der Waals surface area (Å²) in [4.78, 5) is 41.2. The highest BCUT2D eigenvalue weighted by atomic mass is 35.5. The summed E-state index contributed by atoms with van der Waals surface area (Å²) in [5.41, 5.74) is 4.25. The number of hydrogen-bond donors (Lipinski definition) is 2. The van der Waals surface area contributed by atoms with Crippen molar-refractivity contribution < 1.29 is 14.3 Å². The molecule has 0 saturated carbocycles. The third kappa shape index (κ3) is 6.20. The van der Waals surface area contributed by atoms with Crippen LogP contribution >= 0.6 is 11.6 Å². The maximum Gasteiger partial charge on any atom is 0.255 e. The summed E-state index contributed by atoms with van der Waals surface area (Å²) in [5, 5.41) is 6.27. The Morgan fingerprint density at radius 1 is 0.930 bits per heavy atom. The molecule has 8 nitrogen and oxygen atoms in total. The van der Waals surface area contributed by atoms with Crippen LogP contribution in [0.2, 0.25) is 5.02 Å². The van der Waals surface area contributed by atoms with Crippen LogP contribution in [0.1, 0.15) is 34.0 Å². The van der Waals surface area contributed by atoms with Gasteiger partial charge in [0.15, 0.2) is 0 Å². The van der Waals surface area contributed by atoms with E-state index in [4.69, 9.17) is 16.3 Å². The van der Waals surface area contributed by atoms with Gasteiger partial charge in [0, 0.05) is 54.6 Å². The lowest BCUT2D eigenvalue weighted by Gasteiger charge is -2.44. The van der Waals surface area contributed by atoms with E-state index in [1.807, 2.05) is 53.1 Å². The Balaban J connectivity index is 1.29. The van der Waals surface area contributed by atoms with E-state index in [0.717, 1.165) is 29.9 Å². The molecule has 2 bridgehead atoms. The molecular weight excluding hydrogens is 564 g/mol. The van der Waals surface area contributed by atoms with E-state index >= 15 is 0 Å². The first-order chi connectivity index (χ1) is 20.9. The van der Waals surface area contributed by atoms with E-state index in [2.05, 4.69) is 15.5 Å². The summed E-state index contributed by atoms with van der Waals surface area (Å²) in [5.74, 6) is 0.336. The molecule has 2 aliphatic heterocycles. The molecule has 0 spiro atoms. The third-order valence-electron chi connectivity index (χ3n) is 7.97. The number of carbonyl (C=O) groups excluding carboxylic acids is 2. The molecule has 2 aliphatic rings. The van der Waals surface area contributed by atoms with Crippen molar-refractivity contribution in [2.45, 2.75) is 18.9 Å². The van der Waals surface area contributed by atoms with Crippen molar-refractivity contribution in [1.82, 2.24) is 4.57 Å². The van der Waals surface area contributed by atoms with Gasteiger partial charge in [-0.15, -0.1) is 0 Å². The topological polar surface area (TPSA) is 92.7 Å². The number of benzene rings is 3. The zero-order valence-electron chi connectivity index (χ0n) is 23.6. The van der Waals surface area contributed by atoms with E-state index in [-0.39, 0.29) is 29.2 Å². The molecule has 1 aromatic heterocycles. The number of piperidine rings is 1. The van der Waals surface area contributed by atoms with Crippen LogP contribution < -0.4 is 25.8 Å². The van der Waals surface area contributed by atoms with Gasteiger partial charge in [-0.05, 0) is 66.4 Å². The number of amides is 2. The molecule has 3 heterocycles. The molecule has 6 rings (SSSR count). The van der Waals surface area contributed by atoms with Crippen molar-refractivity contribution in [1.29, 1.82) is 0 Å². The Kier molecular flexibility index (Phi) is 8.03. The lowest BCUT2D eigenvalue weighted by Crippen LogP contribution is -2.47. The second-order valence-electron chi connectivity index (χ2n) is 10.9. The average molecular weight is 595 g/mol. The molecule has 9 heteroatoms. The van der Waals surface area contributed by atoms with Gasteiger partial charge in [0.25, 0.3) is 11.5 Å². The van der Waals surface area contributed by atoms with Gasteiger partial charge in [0.05, 0.1) is 23.5 Å². The Morgan fingerprint density at radius 3 is 2.56 bits per heavy atom. The molecule has 43 heavy (non-hydrogen) atoms. The molecule has 2 N–H and O–H groups in total. The van der Waals surface area contributed by atoms with Crippen molar-refractivity contribution in [2.24, 2.45) is 5.92 Å². The maximum atomic E-state index is 13.3. The minimum absolute atomic E-state index is 0.0346. The van der Waals surface area contributed by atoms with Crippen LogP contribution in [0.5, 0.6) is 5.75 Å². The van der Waals surface area contributed by atoms with Gasteiger partial charge in [-0.3, -0.25) is 14.4 Å². The highest BCUT2D eigenvalue weighted by molar-refractivity contribution is 6.32. The summed E-state index contributed by atoms with van der Waals surface area (Å²) in [6, 6.07) is 25.4. The molecule has 3 aromatic carbocycles. The standard InChI is InChI=1S/C34H31ClN4O4/c1-43-31-14-12-26(18-27(31)35)36-34(42)24-11-13-30(28(17-24)37-32(40)15-10-22-6-3-2-4-7-22)38-19-23-16-25(21-38)29-8-5-9-33(41)39(29)20-23/h2-15,17-18,23,25H,16,19-21H2,1H3,(H,36,42)(H,37,40)/b15-10+/t23-,25+/m1/s1. The van der Waals surface area contributed by atoms with Gasteiger partial charge in [-0.1, -0.05) is 48.0 Å². The van der Waals surface area contributed by atoms with Gasteiger partial charge in [-0.2, -0.15) is 0 Å². The number of carbonyl (C=O) groups is 2. The SMILES string of the molecule is COc1ccc(NC(=O)c2ccc(N3C[C@H]4C[C@@H](C3)c3cccc(=O)n3C4)c(NC(=O)/C=C/c3ccccc3)c2)cc1Cl. The fraction of sp³-hybridized carbons (Fsp3) is 0.206. The predicted molar refractivity (Wildman–Crippen MR) is 170 cm³/mol. The number of nitrogens with one attached hydrogen (secondary N) is 2. The average Bonchev–Trinajstić information content (AvgIpc) is 3.01. The van der Waals surface area contributed by atoms with Crippen LogP contribution in [-0.4, -0.2) is 36.6 Å². The number of methoxy groups -OCH3 is 1. The number of fused-ring (bicyclic) bond motifs is 4. The smallest absolute Gasteiger partial charge is 0.255 e. The molecule has 0 radical (unpaired) electrons. The van der Waals surface area contributed by atoms with Crippen molar-refractivity contribution in [3.05, 3.63) is 123 Å². The molecule has 218 valence electrons. The number of rotatable bonds is 7. The Labute approximate surface area is 254 Å². The van der Waals surface area contributed by atoms with Gasteiger partial charge >= 0.3 is 0 Å². The van der Waals surface area contributed by atoms with Crippen LogP contribution in [0.3, 0.4) is 0 Å². The second kappa shape index (κ2) is 12.2. The minimum Gasteiger partial charge on any atom is -0.495 e. The second-order valence-corrected chi connectivity index (χ2v) is 11.3. The van der Waals surface area contributed by atoms with Gasteiger partial charge in [0.1, 0.15) is 5.75 Å². The lowest BCUT2D eigenvalue weighted by atomic mass is 9.83. The molecule has 0 aliphatic carbocycles. The lowest BCUT2D eigenvalue weighted by molar-refractivity contribution is -0.111. The number of anilines is 3. The molecule has 2 atom stereocenters. The number of halogens is 1. The van der Waals surface area contributed by atoms with Crippen LogP contribution in [0, 0.1) is 5.92 Å². The van der Waals surface area contributed by atoms with Crippen molar-refractivity contribution in [3.63, 3.8) is 0 Å². The Bertz CT molecular complexity index is 1770. The summed E-state index contributed by atoms with van der Waals surface area (Å²) < 4.78 is 7.10. The zero-order valence-corrected chi connectivity index (χ0v) is 24.4. The van der Waals surface area contributed by atoms with Crippen molar-refractivity contribution >= 4 is 46.6 Å². The van der Waals surface area contributed by atoms with E-state index in [0.29, 0.717) is 40.8 Å². The predicted octanol–water partition coefficient (Wildman–Crippen LogP) is 6.04. The Hall–Kier alpha value is -4.82. The van der Waals surface area contributed by atoms with Crippen molar-refractivity contribution in [3.8, 4) is 5.75 Å². The molecule has 4 aromatic rings. The third-order valence-corrected chi connectivity index (χ3v) is 8.27. The summed E-state index contributed by atoms with van der Waals surface area (Å²) >= 11 is 6.25. The van der Waals surface area contributed by atoms with Gasteiger partial charge < -0.3 is 24.8 Å². The van der Waals surface area contributed by atoms with Gasteiger partial charge in [-0.25, -0.2) is 0 Å². The van der Waals surface area contributed by atoms with Crippen LogP contribution in [0.25, 0.3) is 6.08 Å². The first-order valence-electron chi connectivity index (χ1n) is 14.2. The van der Waals surface area contributed by atoms with E-state index in [9.17, 15) is 14.4 Å². The van der Waals surface area contributed by atoms with Crippen molar-refractivity contribution in [2.75, 3.05) is 35.7 Å². The van der Waals surface area contributed by atoms with E-state index in [1.54, 1.807) is 42.5 Å². The first-order valence-corrected chi connectivity index (χ1v) is 14.5. The summed E-state index contributed by atoms with van der Waals surface area (Å²) in [7, 11) is 1.53. The largest absolute Gasteiger partial charge is 0.495 e. The monoisotopic (exact) mass is 594 g/mol. The minimum atomic E-state index is -0.341. The molecular formula is C34H31ClN4O4. The van der Waals surface area contributed by atoms with Gasteiger partial charge in [0.2, 0.25) is 5.91 Å². The zero-order chi connectivity index (χ0) is 29.9. The molecule has 0 unspecified atom stereocenters. The van der Waals surface area contributed by atoms with Crippen LogP contribution in [-0.2, 0) is 11.3 Å². The molecule has 1 fully saturated rings.